The van der Waals surface area contributed by atoms with E-state index in [1.54, 1.807) is 13.0 Å². The van der Waals surface area contributed by atoms with E-state index in [4.69, 9.17) is 4.74 Å². The van der Waals surface area contributed by atoms with Crippen LogP contribution in [0, 0.1) is 20.2 Å². The molecule has 118 valence electrons. The number of ether oxygens (including phenoxy) is 1. The number of nitro benzene ring substituents is 1. The van der Waals surface area contributed by atoms with Crippen molar-refractivity contribution in [2.45, 2.75) is 31.5 Å². The van der Waals surface area contributed by atoms with Crippen LogP contribution in [0.25, 0.3) is 0 Å². The van der Waals surface area contributed by atoms with Crippen molar-refractivity contribution in [3.05, 3.63) is 50.1 Å². The molecule has 1 aromatic rings. The second-order valence-corrected chi connectivity index (χ2v) is 4.85. The number of carbonyl (C=O) groups excluding carboxylic acids is 1. The number of carbonyl (C=O) groups is 1. The van der Waals surface area contributed by atoms with Crippen LogP contribution < -0.4 is 5.32 Å². The lowest BCUT2D eigenvalue weighted by atomic mass is 9.99. The van der Waals surface area contributed by atoms with E-state index in [-0.39, 0.29) is 24.3 Å². The first-order chi connectivity index (χ1) is 10.5. The molecule has 0 amide bonds. The van der Waals surface area contributed by atoms with E-state index in [2.05, 4.69) is 5.32 Å². The van der Waals surface area contributed by atoms with Crippen LogP contribution in [0.5, 0.6) is 0 Å². The zero-order valence-electron chi connectivity index (χ0n) is 11.8. The monoisotopic (exact) mass is 309 g/mol. The summed E-state index contributed by atoms with van der Waals surface area (Å²) in [5, 5.41) is 25.1. The highest BCUT2D eigenvalue weighted by molar-refractivity contribution is 5.76. The lowest BCUT2D eigenvalue weighted by molar-refractivity contribution is -0.524. The highest BCUT2D eigenvalue weighted by Crippen LogP contribution is 2.34. The summed E-state index contributed by atoms with van der Waals surface area (Å²) in [5.74, 6) is -0.588. The molecule has 1 saturated heterocycles. The predicted octanol–water partition coefficient (Wildman–Crippen LogP) is 1.21. The number of nitrogens with one attached hydrogen (secondary N) is 1. The molecule has 0 radical (unpaired) electrons. The molecule has 0 saturated carbocycles. The first-order valence-corrected chi connectivity index (χ1v) is 6.75. The van der Waals surface area contributed by atoms with Crippen LogP contribution in [0.3, 0.4) is 0 Å². The largest absolute Gasteiger partial charge is 0.465 e. The molecular weight excluding hydrogens is 294 g/mol. The lowest BCUT2D eigenvalue weighted by Crippen LogP contribution is -2.34. The maximum absolute atomic E-state index is 11.8. The van der Waals surface area contributed by atoms with Crippen molar-refractivity contribution in [3.63, 3.8) is 0 Å². The summed E-state index contributed by atoms with van der Waals surface area (Å²) in [6.07, 6.45) is -0.0669. The molecule has 1 aromatic carbocycles. The van der Waals surface area contributed by atoms with Gasteiger partial charge in [-0.1, -0.05) is 18.2 Å². The number of esters is 1. The van der Waals surface area contributed by atoms with Crippen molar-refractivity contribution in [1.82, 2.24) is 5.32 Å². The van der Waals surface area contributed by atoms with Crippen molar-refractivity contribution in [2.24, 2.45) is 0 Å². The Morgan fingerprint density at radius 3 is 2.64 bits per heavy atom. The van der Waals surface area contributed by atoms with Crippen LogP contribution in [-0.2, 0) is 9.53 Å². The molecule has 9 heteroatoms. The van der Waals surface area contributed by atoms with Gasteiger partial charge >= 0.3 is 5.97 Å². The number of benzene rings is 1. The summed E-state index contributed by atoms with van der Waals surface area (Å²) in [4.78, 5) is 33.0. The van der Waals surface area contributed by atoms with Gasteiger partial charge in [0.25, 0.3) is 5.69 Å². The smallest absolute Gasteiger partial charge is 0.323 e. The van der Waals surface area contributed by atoms with Gasteiger partial charge in [-0.25, -0.2) is 0 Å². The number of para-hydroxylation sites is 1. The van der Waals surface area contributed by atoms with Crippen LogP contribution in [0.2, 0.25) is 0 Å². The predicted molar refractivity (Wildman–Crippen MR) is 74.8 cm³/mol. The number of hydrogen-bond acceptors (Lipinski definition) is 7. The van der Waals surface area contributed by atoms with Crippen LogP contribution in [-0.4, -0.2) is 34.5 Å². The van der Waals surface area contributed by atoms with E-state index in [0.29, 0.717) is 0 Å². The van der Waals surface area contributed by atoms with Gasteiger partial charge in [0.2, 0.25) is 6.04 Å². The Kier molecular flexibility index (Phi) is 4.66. The molecule has 0 spiro atoms. The highest BCUT2D eigenvalue weighted by Gasteiger charge is 2.47. The van der Waals surface area contributed by atoms with Gasteiger partial charge in [-0.2, -0.15) is 0 Å². The summed E-state index contributed by atoms with van der Waals surface area (Å²) in [6, 6.07) is 2.91. The van der Waals surface area contributed by atoms with Crippen LogP contribution in [0.1, 0.15) is 24.9 Å². The average Bonchev–Trinajstić information content (AvgIpc) is 2.92. The Balaban J connectivity index is 2.34. The third-order valence-corrected chi connectivity index (χ3v) is 3.55. The van der Waals surface area contributed by atoms with Crippen molar-refractivity contribution in [2.75, 3.05) is 6.61 Å². The first kappa shape index (κ1) is 15.8. The van der Waals surface area contributed by atoms with Crippen molar-refractivity contribution < 1.29 is 19.4 Å². The third kappa shape index (κ3) is 3.03. The van der Waals surface area contributed by atoms with Gasteiger partial charge in [0, 0.05) is 17.4 Å². The van der Waals surface area contributed by atoms with Gasteiger partial charge in [-0.3, -0.25) is 30.3 Å². The molecule has 1 aliphatic heterocycles. The standard InChI is InChI=1S/C13H15N3O6/c1-2-22-13(17)9-7-11(16(20)21)12(14-9)8-5-3-4-6-10(8)15(18)19/h3-6,9,11-12,14H,2,7H2,1H3/t9-,11-,12-/m0/s1. The summed E-state index contributed by atoms with van der Waals surface area (Å²) >= 11 is 0. The van der Waals surface area contributed by atoms with Gasteiger partial charge in [0.05, 0.1) is 17.1 Å². The average molecular weight is 309 g/mol. The SMILES string of the molecule is CCOC(=O)[C@@H]1C[C@H]([N+](=O)[O-])[C@H](c2ccccc2[N+](=O)[O-])N1. The number of hydrogen-bond donors (Lipinski definition) is 1. The van der Waals surface area contributed by atoms with E-state index in [1.165, 1.54) is 18.2 Å². The van der Waals surface area contributed by atoms with Crippen LogP contribution in [0.4, 0.5) is 5.69 Å². The van der Waals surface area contributed by atoms with Gasteiger partial charge in [-0.15, -0.1) is 0 Å². The molecule has 0 aliphatic carbocycles. The minimum absolute atomic E-state index is 0.0669. The molecule has 0 aromatic heterocycles. The molecule has 1 fully saturated rings. The minimum Gasteiger partial charge on any atom is -0.465 e. The normalized spacial score (nSPS) is 24.0. The molecule has 1 aliphatic rings. The zero-order chi connectivity index (χ0) is 16.3. The molecule has 1 heterocycles. The summed E-state index contributed by atoms with van der Waals surface area (Å²) < 4.78 is 4.86. The van der Waals surface area contributed by atoms with E-state index >= 15 is 0 Å². The van der Waals surface area contributed by atoms with Gasteiger partial charge in [0.1, 0.15) is 12.1 Å². The molecule has 9 nitrogen and oxygen atoms in total. The van der Waals surface area contributed by atoms with Crippen LogP contribution in [0.15, 0.2) is 24.3 Å². The Morgan fingerprint density at radius 1 is 1.36 bits per heavy atom. The number of rotatable bonds is 5. The Labute approximate surface area is 125 Å². The second-order valence-electron chi connectivity index (χ2n) is 4.85. The topological polar surface area (TPSA) is 125 Å². The number of nitro groups is 2. The molecule has 22 heavy (non-hydrogen) atoms. The summed E-state index contributed by atoms with van der Waals surface area (Å²) in [7, 11) is 0. The van der Waals surface area contributed by atoms with Gasteiger partial charge < -0.3 is 4.74 Å². The molecule has 0 bridgehead atoms. The summed E-state index contributed by atoms with van der Waals surface area (Å²) in [5.41, 5.74) is -0.0163. The van der Waals surface area contributed by atoms with Crippen molar-refractivity contribution in [3.8, 4) is 0 Å². The minimum atomic E-state index is -1.13. The maximum Gasteiger partial charge on any atom is 0.323 e. The molecule has 1 N–H and O–H groups in total. The lowest BCUT2D eigenvalue weighted by Gasteiger charge is -2.14. The first-order valence-electron chi connectivity index (χ1n) is 6.75. The van der Waals surface area contributed by atoms with E-state index in [0.717, 1.165) is 0 Å². The fourth-order valence-corrected chi connectivity index (χ4v) is 2.60. The Hall–Kier alpha value is -2.55. The fraction of sp³-hybridized carbons (Fsp3) is 0.462. The Bertz CT molecular complexity index is 605. The maximum atomic E-state index is 11.8. The quantitative estimate of drug-likeness (QED) is 0.492. The molecule has 0 unspecified atom stereocenters. The molecule has 3 atom stereocenters. The highest BCUT2D eigenvalue weighted by atomic mass is 16.6. The molecular formula is C13H15N3O6. The van der Waals surface area contributed by atoms with Gasteiger partial charge in [0.15, 0.2) is 0 Å². The van der Waals surface area contributed by atoms with Crippen LogP contribution >= 0.6 is 0 Å². The van der Waals surface area contributed by atoms with Gasteiger partial charge in [-0.05, 0) is 6.92 Å². The third-order valence-electron chi connectivity index (χ3n) is 3.55. The van der Waals surface area contributed by atoms with Crippen molar-refractivity contribution in [1.29, 1.82) is 0 Å². The van der Waals surface area contributed by atoms with E-state index in [9.17, 15) is 25.0 Å². The Morgan fingerprint density at radius 2 is 2.05 bits per heavy atom. The zero-order valence-corrected chi connectivity index (χ0v) is 11.8. The fourth-order valence-electron chi connectivity index (χ4n) is 2.60. The molecule has 2 rings (SSSR count). The second kappa shape index (κ2) is 6.48. The summed E-state index contributed by atoms with van der Waals surface area (Å²) in [6.45, 7) is 1.80. The van der Waals surface area contributed by atoms with Crippen molar-refractivity contribution >= 4 is 11.7 Å². The number of nitrogens with zero attached hydrogens (tertiary/aromatic N) is 2. The van der Waals surface area contributed by atoms with E-state index < -0.39 is 33.9 Å². The van der Waals surface area contributed by atoms with E-state index in [1.807, 2.05) is 0 Å².